The SMILES string of the molecule is CP(C)(=O)OCC(COP(C)(C)=O)OP(C)(C)=O. The summed E-state index contributed by atoms with van der Waals surface area (Å²) in [4.78, 5) is 0. The van der Waals surface area contributed by atoms with Crippen molar-refractivity contribution < 1.29 is 27.3 Å². The first-order valence-electron chi connectivity index (χ1n) is 5.41. The summed E-state index contributed by atoms with van der Waals surface area (Å²) >= 11 is 0. The zero-order valence-electron chi connectivity index (χ0n) is 11.8. The van der Waals surface area contributed by atoms with Gasteiger partial charge in [-0.3, -0.25) is 13.7 Å². The second-order valence-electron chi connectivity index (χ2n) is 5.08. The van der Waals surface area contributed by atoms with Crippen molar-refractivity contribution in [2.75, 3.05) is 53.2 Å². The van der Waals surface area contributed by atoms with Crippen LogP contribution in [0.15, 0.2) is 0 Å². The highest BCUT2D eigenvalue weighted by atomic mass is 31.2. The predicted molar refractivity (Wildman–Crippen MR) is 75.1 cm³/mol. The van der Waals surface area contributed by atoms with Crippen LogP contribution in [-0.4, -0.2) is 59.3 Å². The summed E-state index contributed by atoms with van der Waals surface area (Å²) < 4.78 is 50.1. The molecule has 0 heterocycles. The van der Waals surface area contributed by atoms with E-state index in [0.29, 0.717) is 0 Å². The van der Waals surface area contributed by atoms with Crippen LogP contribution in [0.3, 0.4) is 0 Å². The minimum Gasteiger partial charge on any atom is -0.326 e. The van der Waals surface area contributed by atoms with E-state index in [-0.39, 0.29) is 13.2 Å². The standard InChI is InChI=1S/C9H23O6P3/c1-16(2,10)13-7-9(15-18(5,6)12)8-14-17(3,4)11/h9H,7-8H2,1-6H3. The van der Waals surface area contributed by atoms with Crippen LogP contribution < -0.4 is 0 Å². The van der Waals surface area contributed by atoms with Gasteiger partial charge in [-0.25, -0.2) is 0 Å². The van der Waals surface area contributed by atoms with Gasteiger partial charge in [-0.1, -0.05) is 0 Å². The molecule has 0 amide bonds. The van der Waals surface area contributed by atoms with Gasteiger partial charge in [-0.15, -0.1) is 0 Å². The first kappa shape index (κ1) is 18.6. The molecule has 0 bridgehead atoms. The molecule has 0 fully saturated rings. The lowest BCUT2D eigenvalue weighted by molar-refractivity contribution is 0.0886. The lowest BCUT2D eigenvalue weighted by atomic mass is 10.4. The first-order valence-corrected chi connectivity index (χ1v) is 13.0. The molecule has 0 N–H and O–H groups in total. The van der Waals surface area contributed by atoms with Crippen molar-refractivity contribution >= 4 is 22.1 Å². The van der Waals surface area contributed by atoms with Gasteiger partial charge in [0.25, 0.3) is 0 Å². The average molecular weight is 320 g/mol. The summed E-state index contributed by atoms with van der Waals surface area (Å²) in [5.41, 5.74) is 0. The first-order chi connectivity index (χ1) is 7.79. The van der Waals surface area contributed by atoms with E-state index in [1.165, 1.54) is 40.0 Å². The zero-order valence-corrected chi connectivity index (χ0v) is 14.5. The maximum absolute atomic E-state index is 11.6. The van der Waals surface area contributed by atoms with Gasteiger partial charge in [0.1, 0.15) is 6.10 Å². The Hall–Kier alpha value is 0.570. The lowest BCUT2D eigenvalue weighted by Gasteiger charge is -2.22. The Kier molecular flexibility index (Phi) is 7.05. The van der Waals surface area contributed by atoms with Crippen LogP contribution in [0, 0.1) is 0 Å². The van der Waals surface area contributed by atoms with Crippen LogP contribution in [0.4, 0.5) is 0 Å². The molecule has 0 saturated carbocycles. The number of rotatable bonds is 8. The van der Waals surface area contributed by atoms with E-state index in [1.54, 1.807) is 0 Å². The molecule has 0 aliphatic heterocycles. The van der Waals surface area contributed by atoms with E-state index in [4.69, 9.17) is 13.6 Å². The van der Waals surface area contributed by atoms with Crippen molar-refractivity contribution in [3.05, 3.63) is 0 Å². The Morgan fingerprint density at radius 3 is 1.28 bits per heavy atom. The van der Waals surface area contributed by atoms with E-state index in [9.17, 15) is 13.7 Å². The van der Waals surface area contributed by atoms with Crippen molar-refractivity contribution in [3.63, 3.8) is 0 Å². The largest absolute Gasteiger partial charge is 0.326 e. The highest BCUT2D eigenvalue weighted by Gasteiger charge is 2.22. The van der Waals surface area contributed by atoms with Gasteiger partial charge in [-0.2, -0.15) is 0 Å². The minimum atomic E-state index is -2.73. The van der Waals surface area contributed by atoms with Crippen LogP contribution in [0.25, 0.3) is 0 Å². The second kappa shape index (κ2) is 6.83. The fraction of sp³-hybridized carbons (Fsp3) is 1.00. The third-order valence-corrected chi connectivity index (χ3v) is 3.89. The third kappa shape index (κ3) is 13.0. The van der Waals surface area contributed by atoms with E-state index in [1.807, 2.05) is 0 Å². The van der Waals surface area contributed by atoms with Crippen molar-refractivity contribution in [2.45, 2.75) is 6.10 Å². The lowest BCUT2D eigenvalue weighted by Crippen LogP contribution is -2.23. The molecule has 0 rings (SSSR count). The summed E-state index contributed by atoms with van der Waals surface area (Å²) in [6.07, 6.45) is -0.646. The number of hydrogen-bond donors (Lipinski definition) is 0. The molecule has 0 saturated heterocycles. The van der Waals surface area contributed by atoms with E-state index >= 15 is 0 Å². The van der Waals surface area contributed by atoms with Gasteiger partial charge in [0.05, 0.1) is 13.2 Å². The van der Waals surface area contributed by atoms with Gasteiger partial charge >= 0.3 is 0 Å². The molecule has 9 heteroatoms. The monoisotopic (exact) mass is 320 g/mol. The quantitative estimate of drug-likeness (QED) is 0.640. The Morgan fingerprint density at radius 1 is 0.722 bits per heavy atom. The maximum Gasteiger partial charge on any atom is 0.197 e. The van der Waals surface area contributed by atoms with Gasteiger partial charge in [0, 0.05) is 40.0 Å². The van der Waals surface area contributed by atoms with Crippen LogP contribution in [0.1, 0.15) is 0 Å². The summed E-state index contributed by atoms with van der Waals surface area (Å²) in [5, 5.41) is 0. The molecule has 0 spiro atoms. The highest BCUT2D eigenvalue weighted by Crippen LogP contribution is 2.43. The molecule has 0 aliphatic rings. The summed E-state index contributed by atoms with van der Waals surface area (Å²) in [6.45, 7) is 8.84. The van der Waals surface area contributed by atoms with Crippen LogP contribution >= 0.6 is 22.1 Å². The van der Waals surface area contributed by atoms with Gasteiger partial charge in [0.15, 0.2) is 22.1 Å². The molecule has 0 atom stereocenters. The summed E-state index contributed by atoms with van der Waals surface area (Å²) in [6, 6.07) is 0. The topological polar surface area (TPSA) is 78.9 Å². The average Bonchev–Trinajstić information content (AvgIpc) is 2.05. The smallest absolute Gasteiger partial charge is 0.197 e. The highest BCUT2D eigenvalue weighted by molar-refractivity contribution is 7.58. The molecule has 0 aromatic carbocycles. The van der Waals surface area contributed by atoms with Crippen LogP contribution in [0.2, 0.25) is 0 Å². The normalized spacial score (nSPS) is 14.2. The Bertz CT molecular complexity index is 363. The van der Waals surface area contributed by atoms with Crippen LogP contribution in [0.5, 0.6) is 0 Å². The van der Waals surface area contributed by atoms with Crippen molar-refractivity contribution in [3.8, 4) is 0 Å². The molecular weight excluding hydrogens is 297 g/mol. The fourth-order valence-electron chi connectivity index (χ4n) is 0.993. The van der Waals surface area contributed by atoms with Crippen LogP contribution in [-0.2, 0) is 27.3 Å². The second-order valence-corrected chi connectivity index (χ2v) is 13.3. The van der Waals surface area contributed by atoms with Gasteiger partial charge in [-0.05, 0) is 0 Å². The predicted octanol–water partition coefficient (Wildman–Crippen LogP) is 3.02. The Labute approximate surface area is 109 Å². The molecule has 0 aromatic rings. The van der Waals surface area contributed by atoms with Crippen molar-refractivity contribution in [1.82, 2.24) is 0 Å². The van der Waals surface area contributed by atoms with Crippen molar-refractivity contribution in [2.24, 2.45) is 0 Å². The molecule has 0 aromatic heterocycles. The van der Waals surface area contributed by atoms with Gasteiger partial charge in [0.2, 0.25) is 0 Å². The van der Waals surface area contributed by atoms with Crippen molar-refractivity contribution in [1.29, 1.82) is 0 Å². The molecule has 6 nitrogen and oxygen atoms in total. The number of hydrogen-bond acceptors (Lipinski definition) is 6. The molecule has 18 heavy (non-hydrogen) atoms. The Balaban J connectivity index is 4.48. The third-order valence-electron chi connectivity index (χ3n) is 1.55. The molecule has 110 valence electrons. The summed E-state index contributed by atoms with van der Waals surface area (Å²) in [7, 11) is -8.01. The molecular formula is C9H23O6P3. The summed E-state index contributed by atoms with van der Waals surface area (Å²) in [5.74, 6) is 0. The molecule has 0 unspecified atom stereocenters. The Morgan fingerprint density at radius 2 is 1.06 bits per heavy atom. The van der Waals surface area contributed by atoms with Gasteiger partial charge < -0.3 is 13.6 Å². The maximum atomic E-state index is 11.6. The van der Waals surface area contributed by atoms with E-state index in [2.05, 4.69) is 0 Å². The fourth-order valence-corrected chi connectivity index (χ4v) is 2.88. The van der Waals surface area contributed by atoms with E-state index < -0.39 is 28.2 Å². The van der Waals surface area contributed by atoms with E-state index in [0.717, 1.165) is 0 Å². The minimum absolute atomic E-state index is 0.00402. The molecule has 0 radical (unpaired) electrons. The molecule has 0 aliphatic carbocycles. The zero-order chi connectivity index (χ0) is 14.6.